The van der Waals surface area contributed by atoms with Gasteiger partial charge in [-0.05, 0) is 30.2 Å². The molecule has 0 unspecified atom stereocenters. The summed E-state index contributed by atoms with van der Waals surface area (Å²) in [4.78, 5) is 23.0. The summed E-state index contributed by atoms with van der Waals surface area (Å²) in [7, 11) is 0. The van der Waals surface area contributed by atoms with Gasteiger partial charge in [-0.25, -0.2) is 9.78 Å². The molecular formula is C20H19N3O2S. The number of nitrogens with zero attached hydrogens (tertiary/aromatic N) is 2. The van der Waals surface area contributed by atoms with E-state index in [4.69, 9.17) is 10.6 Å². The second-order valence-corrected chi connectivity index (χ2v) is 7.40. The van der Waals surface area contributed by atoms with Crippen LogP contribution in [-0.4, -0.2) is 29.1 Å². The Bertz CT molecular complexity index is 916. The summed E-state index contributed by atoms with van der Waals surface area (Å²) in [6.07, 6.45) is 0. The molecule has 3 aromatic rings. The first-order valence-electron chi connectivity index (χ1n) is 8.37. The lowest BCUT2D eigenvalue weighted by atomic mass is 9.84. The van der Waals surface area contributed by atoms with Crippen LogP contribution in [0.2, 0.25) is 0 Å². The van der Waals surface area contributed by atoms with Crippen LogP contribution in [0.15, 0.2) is 60.1 Å². The summed E-state index contributed by atoms with van der Waals surface area (Å²) in [5.41, 5.74) is 11.6. The zero-order valence-electron chi connectivity index (χ0n) is 14.4. The Hall–Kier alpha value is -2.54. The van der Waals surface area contributed by atoms with Crippen LogP contribution >= 0.6 is 11.3 Å². The summed E-state index contributed by atoms with van der Waals surface area (Å²) in [6, 6.07) is 17.2. The van der Waals surface area contributed by atoms with E-state index in [-0.39, 0.29) is 5.97 Å². The fourth-order valence-electron chi connectivity index (χ4n) is 3.11. The molecule has 5 nitrogen and oxygen atoms in total. The van der Waals surface area contributed by atoms with Gasteiger partial charge in [-0.15, -0.1) is 16.4 Å². The van der Waals surface area contributed by atoms with Crippen molar-refractivity contribution in [3.05, 3.63) is 76.9 Å². The van der Waals surface area contributed by atoms with Crippen LogP contribution in [0.4, 0.5) is 0 Å². The number of rotatable bonds is 4. The molecule has 2 N–H and O–H groups in total. The molecule has 0 atom stereocenters. The van der Waals surface area contributed by atoms with Crippen molar-refractivity contribution in [3.8, 4) is 10.4 Å². The Morgan fingerprint density at radius 2 is 1.85 bits per heavy atom. The molecule has 2 aromatic carbocycles. The Morgan fingerprint density at radius 3 is 2.46 bits per heavy atom. The van der Waals surface area contributed by atoms with Crippen LogP contribution in [0, 0.1) is 6.92 Å². The Balaban J connectivity index is 1.40. The van der Waals surface area contributed by atoms with Crippen molar-refractivity contribution in [1.82, 2.24) is 10.0 Å². The smallest absolute Gasteiger partial charge is 0.357 e. The number of hydroxylamine groups is 2. The highest BCUT2D eigenvalue weighted by Gasteiger charge is 2.43. The summed E-state index contributed by atoms with van der Waals surface area (Å²) in [5.74, 6) is -0.358. The lowest BCUT2D eigenvalue weighted by molar-refractivity contribution is -0.183. The minimum absolute atomic E-state index is 0.358. The van der Waals surface area contributed by atoms with Crippen LogP contribution in [0.25, 0.3) is 10.4 Å². The Labute approximate surface area is 156 Å². The van der Waals surface area contributed by atoms with Crippen molar-refractivity contribution in [3.63, 3.8) is 0 Å². The number of carbonyl (C=O) groups excluding carboxylic acids is 1. The molecule has 0 radical (unpaired) electrons. The first-order valence-corrected chi connectivity index (χ1v) is 9.25. The van der Waals surface area contributed by atoms with E-state index in [2.05, 4.69) is 17.1 Å². The van der Waals surface area contributed by atoms with Crippen LogP contribution < -0.4 is 5.73 Å². The summed E-state index contributed by atoms with van der Waals surface area (Å²) >= 11 is 1.63. The Kier molecular flexibility index (Phi) is 4.32. The Morgan fingerprint density at radius 1 is 1.15 bits per heavy atom. The molecule has 0 spiro atoms. The van der Waals surface area contributed by atoms with E-state index < -0.39 is 5.54 Å². The average molecular weight is 365 g/mol. The van der Waals surface area contributed by atoms with Crippen molar-refractivity contribution in [2.75, 3.05) is 13.1 Å². The molecule has 0 aliphatic carbocycles. The topological polar surface area (TPSA) is 68.4 Å². The molecule has 0 bridgehead atoms. The van der Waals surface area contributed by atoms with Gasteiger partial charge in [0.2, 0.25) is 0 Å². The fourth-order valence-corrected chi connectivity index (χ4v) is 3.92. The van der Waals surface area contributed by atoms with Crippen molar-refractivity contribution >= 4 is 17.3 Å². The van der Waals surface area contributed by atoms with Crippen molar-refractivity contribution in [1.29, 1.82) is 0 Å². The quantitative estimate of drug-likeness (QED) is 0.768. The van der Waals surface area contributed by atoms with Gasteiger partial charge in [0.05, 0.1) is 40.3 Å². The van der Waals surface area contributed by atoms with E-state index in [1.807, 2.05) is 42.8 Å². The molecule has 6 heteroatoms. The standard InChI is InChI=1S/C20H19N3O2S/c1-14-18(26-13-22-14)15-7-9-17(10-8-15)20(21)11-23(12-20)25-19(24)16-5-3-2-4-6-16/h2-10,13H,11-12,21H2,1H3. The number of benzene rings is 2. The molecule has 1 fully saturated rings. The molecule has 1 aromatic heterocycles. The maximum atomic E-state index is 12.1. The molecule has 132 valence electrons. The van der Waals surface area contributed by atoms with Gasteiger partial charge in [0.15, 0.2) is 0 Å². The van der Waals surface area contributed by atoms with E-state index in [1.54, 1.807) is 28.5 Å². The molecule has 0 amide bonds. The number of nitrogens with two attached hydrogens (primary N) is 1. The van der Waals surface area contributed by atoms with Crippen LogP contribution in [0.3, 0.4) is 0 Å². The lowest BCUT2D eigenvalue weighted by Gasteiger charge is -2.45. The van der Waals surface area contributed by atoms with Crippen molar-refractivity contribution in [2.45, 2.75) is 12.5 Å². The summed E-state index contributed by atoms with van der Waals surface area (Å²) in [5, 5.41) is 1.61. The minimum Gasteiger partial charge on any atom is -0.364 e. The first kappa shape index (κ1) is 16.9. The molecule has 0 saturated carbocycles. The van der Waals surface area contributed by atoms with Gasteiger partial charge in [0.25, 0.3) is 0 Å². The largest absolute Gasteiger partial charge is 0.364 e. The predicted octanol–water partition coefficient (Wildman–Crippen LogP) is 3.36. The van der Waals surface area contributed by atoms with Crippen LogP contribution in [-0.2, 0) is 10.4 Å². The van der Waals surface area contributed by atoms with Gasteiger partial charge in [-0.3, -0.25) is 0 Å². The van der Waals surface area contributed by atoms with Crippen LogP contribution in [0.1, 0.15) is 21.6 Å². The predicted molar refractivity (Wildman–Crippen MR) is 102 cm³/mol. The highest BCUT2D eigenvalue weighted by Crippen LogP contribution is 2.33. The maximum absolute atomic E-state index is 12.1. The third-order valence-electron chi connectivity index (χ3n) is 4.61. The molecule has 4 rings (SSSR count). The second-order valence-electron chi connectivity index (χ2n) is 6.54. The minimum atomic E-state index is -0.502. The molecule has 2 heterocycles. The lowest BCUT2D eigenvalue weighted by Crippen LogP contribution is -2.64. The monoisotopic (exact) mass is 365 g/mol. The van der Waals surface area contributed by atoms with Gasteiger partial charge in [0, 0.05) is 0 Å². The molecule has 1 saturated heterocycles. The number of aryl methyl sites for hydroxylation is 1. The maximum Gasteiger partial charge on any atom is 0.357 e. The SMILES string of the molecule is Cc1ncsc1-c1ccc(C2(N)CN(OC(=O)c3ccccc3)C2)cc1. The fraction of sp³-hybridized carbons (Fsp3) is 0.200. The first-order chi connectivity index (χ1) is 12.5. The molecule has 1 aliphatic heterocycles. The number of thiazole rings is 1. The van der Waals surface area contributed by atoms with Gasteiger partial charge >= 0.3 is 5.97 Å². The van der Waals surface area contributed by atoms with E-state index in [9.17, 15) is 4.79 Å². The molecule has 26 heavy (non-hydrogen) atoms. The molecule has 1 aliphatic rings. The number of aromatic nitrogens is 1. The van der Waals surface area contributed by atoms with E-state index in [0.29, 0.717) is 18.7 Å². The highest BCUT2D eigenvalue weighted by molar-refractivity contribution is 7.13. The van der Waals surface area contributed by atoms with E-state index >= 15 is 0 Å². The van der Waals surface area contributed by atoms with Crippen molar-refractivity contribution < 1.29 is 9.63 Å². The van der Waals surface area contributed by atoms with Gasteiger partial charge < -0.3 is 10.6 Å². The summed E-state index contributed by atoms with van der Waals surface area (Å²) < 4.78 is 0. The highest BCUT2D eigenvalue weighted by atomic mass is 32.1. The van der Waals surface area contributed by atoms with Gasteiger partial charge in [-0.2, -0.15) is 0 Å². The van der Waals surface area contributed by atoms with Crippen molar-refractivity contribution in [2.24, 2.45) is 5.73 Å². The third-order valence-corrected chi connectivity index (χ3v) is 5.58. The average Bonchev–Trinajstić information content (AvgIpc) is 3.07. The third kappa shape index (κ3) is 3.14. The van der Waals surface area contributed by atoms with Gasteiger partial charge in [0.1, 0.15) is 0 Å². The zero-order valence-corrected chi connectivity index (χ0v) is 15.2. The van der Waals surface area contributed by atoms with E-state index in [0.717, 1.165) is 16.8 Å². The van der Waals surface area contributed by atoms with E-state index in [1.165, 1.54) is 4.88 Å². The van der Waals surface area contributed by atoms with Crippen LogP contribution in [0.5, 0.6) is 0 Å². The van der Waals surface area contributed by atoms with Gasteiger partial charge in [-0.1, -0.05) is 42.5 Å². The number of carbonyl (C=O) groups is 1. The molecular weight excluding hydrogens is 346 g/mol. The number of hydrogen-bond donors (Lipinski definition) is 1. The summed E-state index contributed by atoms with van der Waals surface area (Å²) in [6.45, 7) is 2.96. The zero-order chi connectivity index (χ0) is 18.1. The second kappa shape index (κ2) is 6.64. The number of hydrogen-bond acceptors (Lipinski definition) is 6. The normalized spacial score (nSPS) is 16.1.